The zero-order valence-corrected chi connectivity index (χ0v) is 21.1. The summed E-state index contributed by atoms with van der Waals surface area (Å²) < 4.78 is 46.5. The molecule has 11 heteroatoms. The van der Waals surface area contributed by atoms with Crippen LogP contribution in [0.25, 0.3) is 16.9 Å². The molecule has 3 aromatic carbocycles. The summed E-state index contributed by atoms with van der Waals surface area (Å²) in [5.41, 5.74) is 4.38. The van der Waals surface area contributed by atoms with Gasteiger partial charge in [0.1, 0.15) is 0 Å². The summed E-state index contributed by atoms with van der Waals surface area (Å²) in [5.74, 6) is -0.391. The topological polar surface area (TPSA) is 88.7 Å². The van der Waals surface area contributed by atoms with Gasteiger partial charge in [-0.1, -0.05) is 28.1 Å². The van der Waals surface area contributed by atoms with E-state index in [1.807, 2.05) is 24.3 Å². The molecule has 0 aliphatic rings. The van der Waals surface area contributed by atoms with Gasteiger partial charge in [0, 0.05) is 15.6 Å². The monoisotopic (exact) mass is 572 g/mol. The highest BCUT2D eigenvalue weighted by atomic mass is 79.9. The largest absolute Gasteiger partial charge is 0.504 e. The molecule has 1 aromatic heterocycles. The fraction of sp³-hybridized carbons (Fsp3) is 0.115. The van der Waals surface area contributed by atoms with E-state index in [-0.39, 0.29) is 17.2 Å². The first-order valence-corrected chi connectivity index (χ1v) is 11.6. The number of ether oxygens (including phenoxy) is 1. The third-order valence-corrected chi connectivity index (χ3v) is 6.01. The highest BCUT2D eigenvalue weighted by molar-refractivity contribution is 9.10. The first-order valence-electron chi connectivity index (χ1n) is 10.8. The van der Waals surface area contributed by atoms with E-state index < -0.39 is 17.6 Å². The SMILES string of the molecule is COc1cc(/C=N/NC(=O)c2nn(-c3ccc(C(F)(F)F)cc3)c(-c3ccc(Br)cc3)c2C)ccc1O. The van der Waals surface area contributed by atoms with Gasteiger partial charge in [-0.25, -0.2) is 10.1 Å². The molecule has 190 valence electrons. The molecule has 2 N–H and O–H groups in total. The van der Waals surface area contributed by atoms with Gasteiger partial charge < -0.3 is 9.84 Å². The van der Waals surface area contributed by atoms with Gasteiger partial charge in [0.2, 0.25) is 0 Å². The van der Waals surface area contributed by atoms with Crippen LogP contribution in [0.1, 0.15) is 27.2 Å². The second-order valence-electron chi connectivity index (χ2n) is 7.92. The molecule has 0 fully saturated rings. The molecule has 0 unspecified atom stereocenters. The average Bonchev–Trinajstić information content (AvgIpc) is 3.22. The van der Waals surface area contributed by atoms with E-state index in [1.54, 1.807) is 19.1 Å². The Balaban J connectivity index is 1.69. The van der Waals surface area contributed by atoms with Crippen LogP contribution in [0.15, 0.2) is 76.3 Å². The molecule has 4 aromatic rings. The number of nitrogens with one attached hydrogen (secondary N) is 1. The second-order valence-corrected chi connectivity index (χ2v) is 8.83. The summed E-state index contributed by atoms with van der Waals surface area (Å²) in [6, 6.07) is 16.4. The van der Waals surface area contributed by atoms with Crippen LogP contribution in [-0.4, -0.2) is 34.1 Å². The number of aromatic hydroxyl groups is 1. The maximum absolute atomic E-state index is 13.1. The van der Waals surface area contributed by atoms with Gasteiger partial charge in [0.25, 0.3) is 5.91 Å². The molecule has 0 aliphatic carbocycles. The number of carbonyl (C=O) groups is 1. The molecular formula is C26H20BrF3N4O3. The van der Waals surface area contributed by atoms with Crippen LogP contribution in [0.2, 0.25) is 0 Å². The number of hydrogen-bond acceptors (Lipinski definition) is 5. The van der Waals surface area contributed by atoms with E-state index in [4.69, 9.17) is 4.74 Å². The third kappa shape index (κ3) is 5.67. The van der Waals surface area contributed by atoms with Crippen molar-refractivity contribution in [3.05, 3.63) is 93.6 Å². The zero-order valence-electron chi connectivity index (χ0n) is 19.5. The summed E-state index contributed by atoms with van der Waals surface area (Å²) in [6.07, 6.45) is -3.10. The average molecular weight is 573 g/mol. The third-order valence-electron chi connectivity index (χ3n) is 5.48. The Morgan fingerprint density at radius 3 is 2.41 bits per heavy atom. The predicted molar refractivity (Wildman–Crippen MR) is 136 cm³/mol. The molecular weight excluding hydrogens is 553 g/mol. The predicted octanol–water partition coefficient (Wildman–Crippen LogP) is 6.11. The molecule has 0 radical (unpaired) electrons. The van der Waals surface area contributed by atoms with Gasteiger partial charge >= 0.3 is 6.18 Å². The van der Waals surface area contributed by atoms with E-state index >= 15 is 0 Å². The van der Waals surface area contributed by atoms with E-state index in [0.717, 1.165) is 16.6 Å². The molecule has 0 spiro atoms. The van der Waals surface area contributed by atoms with Crippen molar-refractivity contribution in [2.45, 2.75) is 13.1 Å². The minimum atomic E-state index is -4.47. The lowest BCUT2D eigenvalue weighted by molar-refractivity contribution is -0.137. The number of phenols is 1. The first kappa shape index (κ1) is 26.0. The maximum atomic E-state index is 13.1. The Morgan fingerprint density at radius 1 is 1.11 bits per heavy atom. The minimum absolute atomic E-state index is 0.0337. The number of nitrogens with zero attached hydrogens (tertiary/aromatic N) is 3. The fourth-order valence-electron chi connectivity index (χ4n) is 3.63. The molecule has 0 saturated carbocycles. The molecule has 0 atom stereocenters. The Labute approximate surface area is 218 Å². The molecule has 7 nitrogen and oxygen atoms in total. The van der Waals surface area contributed by atoms with E-state index in [2.05, 4.69) is 31.6 Å². The second kappa shape index (κ2) is 10.5. The number of rotatable bonds is 6. The standard InChI is InChI=1S/C26H20BrF3N4O3/c1-15-23(25(36)32-31-14-16-3-12-21(35)22(13-16)37-2)33-34(24(15)17-4-8-19(27)9-5-17)20-10-6-18(7-11-20)26(28,29)30/h3-14,35H,1-2H3,(H,32,36)/b31-14+. The van der Waals surface area contributed by atoms with Gasteiger partial charge in [-0.2, -0.15) is 23.4 Å². The summed E-state index contributed by atoms with van der Waals surface area (Å²) in [6.45, 7) is 1.70. The van der Waals surface area contributed by atoms with Crippen LogP contribution >= 0.6 is 15.9 Å². The van der Waals surface area contributed by atoms with Gasteiger partial charge in [0.05, 0.1) is 30.3 Å². The van der Waals surface area contributed by atoms with Crippen molar-refractivity contribution in [3.8, 4) is 28.4 Å². The Bertz CT molecular complexity index is 1460. The van der Waals surface area contributed by atoms with Crippen molar-refractivity contribution in [2.24, 2.45) is 5.10 Å². The Hall–Kier alpha value is -4.12. The molecule has 1 heterocycles. The number of aromatic nitrogens is 2. The number of phenolic OH excluding ortho intramolecular Hbond substituents is 1. The molecule has 0 saturated heterocycles. The minimum Gasteiger partial charge on any atom is -0.504 e. The van der Waals surface area contributed by atoms with E-state index in [9.17, 15) is 23.1 Å². The van der Waals surface area contributed by atoms with Crippen LogP contribution in [0.5, 0.6) is 11.5 Å². The van der Waals surface area contributed by atoms with Crippen molar-refractivity contribution in [1.82, 2.24) is 15.2 Å². The molecule has 1 amide bonds. The van der Waals surface area contributed by atoms with Crippen molar-refractivity contribution in [2.75, 3.05) is 7.11 Å². The van der Waals surface area contributed by atoms with Crippen LogP contribution in [0.4, 0.5) is 13.2 Å². The van der Waals surface area contributed by atoms with Crippen LogP contribution in [-0.2, 0) is 6.18 Å². The van der Waals surface area contributed by atoms with Gasteiger partial charge in [-0.05, 0) is 67.1 Å². The summed E-state index contributed by atoms with van der Waals surface area (Å²) in [5, 5.41) is 18.1. The number of alkyl halides is 3. The number of benzene rings is 3. The highest BCUT2D eigenvalue weighted by Crippen LogP contribution is 2.33. The Kier molecular flexibility index (Phi) is 7.35. The lowest BCUT2D eigenvalue weighted by Crippen LogP contribution is -2.19. The quantitative estimate of drug-likeness (QED) is 0.215. The maximum Gasteiger partial charge on any atom is 0.416 e. The van der Waals surface area contributed by atoms with Gasteiger partial charge in [-0.3, -0.25) is 4.79 Å². The Morgan fingerprint density at radius 2 is 1.78 bits per heavy atom. The van der Waals surface area contributed by atoms with Crippen molar-refractivity contribution in [1.29, 1.82) is 0 Å². The molecule has 0 bridgehead atoms. The van der Waals surface area contributed by atoms with E-state index in [1.165, 1.54) is 36.2 Å². The smallest absolute Gasteiger partial charge is 0.416 e. The number of carbonyl (C=O) groups excluding carboxylic acids is 1. The summed E-state index contributed by atoms with van der Waals surface area (Å²) in [4.78, 5) is 13.0. The number of hydrogen-bond donors (Lipinski definition) is 2. The zero-order chi connectivity index (χ0) is 26.7. The summed E-state index contributed by atoms with van der Waals surface area (Å²) in [7, 11) is 1.41. The van der Waals surface area contributed by atoms with Crippen LogP contribution < -0.4 is 10.2 Å². The number of methoxy groups -OCH3 is 1. The lowest BCUT2D eigenvalue weighted by Gasteiger charge is -2.11. The lowest BCUT2D eigenvalue weighted by atomic mass is 10.1. The number of amides is 1. The highest BCUT2D eigenvalue weighted by Gasteiger charge is 2.30. The van der Waals surface area contributed by atoms with Crippen LogP contribution in [0.3, 0.4) is 0 Å². The first-order chi connectivity index (χ1) is 17.6. The molecule has 4 rings (SSSR count). The number of halogens is 4. The van der Waals surface area contributed by atoms with Gasteiger partial charge in [0.15, 0.2) is 17.2 Å². The van der Waals surface area contributed by atoms with E-state index in [0.29, 0.717) is 28.1 Å². The van der Waals surface area contributed by atoms with Crippen molar-refractivity contribution >= 4 is 28.1 Å². The van der Waals surface area contributed by atoms with Crippen molar-refractivity contribution in [3.63, 3.8) is 0 Å². The van der Waals surface area contributed by atoms with Crippen LogP contribution in [0, 0.1) is 6.92 Å². The fourth-order valence-corrected chi connectivity index (χ4v) is 3.89. The number of hydrazone groups is 1. The molecule has 37 heavy (non-hydrogen) atoms. The van der Waals surface area contributed by atoms with Crippen molar-refractivity contribution < 1.29 is 27.8 Å². The summed E-state index contributed by atoms with van der Waals surface area (Å²) >= 11 is 3.38. The normalized spacial score (nSPS) is 11.6. The molecule has 0 aliphatic heterocycles. The van der Waals surface area contributed by atoms with Gasteiger partial charge in [-0.15, -0.1) is 0 Å².